The van der Waals surface area contributed by atoms with Gasteiger partial charge in [0.2, 0.25) is 0 Å². The second kappa shape index (κ2) is 5.06. The van der Waals surface area contributed by atoms with E-state index in [4.69, 9.17) is 5.73 Å². The Bertz CT molecular complexity index is 742. The van der Waals surface area contributed by atoms with Crippen molar-refractivity contribution in [1.82, 2.24) is 9.97 Å². The van der Waals surface area contributed by atoms with E-state index in [9.17, 15) is 0 Å². The van der Waals surface area contributed by atoms with Gasteiger partial charge in [-0.15, -0.1) is 11.3 Å². The Morgan fingerprint density at radius 1 is 0.900 bits per heavy atom. The van der Waals surface area contributed by atoms with Crippen molar-refractivity contribution in [2.45, 2.75) is 13.8 Å². The first-order valence-electron chi connectivity index (χ1n) is 6.39. The highest BCUT2D eigenvalue weighted by Crippen LogP contribution is 2.28. The van der Waals surface area contributed by atoms with Gasteiger partial charge in [-0.25, -0.2) is 4.98 Å². The lowest BCUT2D eigenvalue weighted by Crippen LogP contribution is -1.89. The van der Waals surface area contributed by atoms with Crippen molar-refractivity contribution >= 4 is 16.5 Å². The van der Waals surface area contributed by atoms with E-state index in [-0.39, 0.29) is 0 Å². The van der Waals surface area contributed by atoms with Crippen LogP contribution in [0.5, 0.6) is 0 Å². The highest BCUT2D eigenvalue weighted by Gasteiger charge is 2.05. The number of hydrogen-bond acceptors (Lipinski definition) is 4. The molecule has 0 bridgehead atoms. The number of thiazole rings is 1. The number of benzene rings is 1. The van der Waals surface area contributed by atoms with Gasteiger partial charge in [0.25, 0.3) is 0 Å². The predicted octanol–water partition coefficient (Wildman–Crippen LogP) is 4.07. The van der Waals surface area contributed by atoms with Gasteiger partial charge in [-0.3, -0.25) is 4.98 Å². The Kier molecular flexibility index (Phi) is 3.24. The third kappa shape index (κ3) is 2.56. The first kappa shape index (κ1) is 12.8. The molecular formula is C16H15N3S. The summed E-state index contributed by atoms with van der Waals surface area (Å²) in [5.41, 5.74) is 12.1. The van der Waals surface area contributed by atoms with E-state index in [2.05, 4.69) is 40.3 Å². The van der Waals surface area contributed by atoms with Gasteiger partial charge < -0.3 is 5.73 Å². The SMILES string of the molecule is Cc1cc(-c2cccc(-c3csc(N)n3)c2)cc(C)n1. The average molecular weight is 281 g/mol. The Balaban J connectivity index is 2.07. The fourth-order valence-corrected chi connectivity index (χ4v) is 2.85. The number of aromatic nitrogens is 2. The molecule has 0 spiro atoms. The summed E-state index contributed by atoms with van der Waals surface area (Å²) in [6.45, 7) is 4.03. The number of rotatable bonds is 2. The maximum absolute atomic E-state index is 5.70. The van der Waals surface area contributed by atoms with E-state index in [1.54, 1.807) is 0 Å². The summed E-state index contributed by atoms with van der Waals surface area (Å²) in [7, 11) is 0. The van der Waals surface area contributed by atoms with Crippen LogP contribution in [0.3, 0.4) is 0 Å². The molecule has 3 rings (SSSR count). The van der Waals surface area contributed by atoms with Crippen molar-refractivity contribution in [3.8, 4) is 22.4 Å². The third-order valence-corrected chi connectivity index (χ3v) is 3.77. The van der Waals surface area contributed by atoms with Crippen LogP contribution in [0.15, 0.2) is 41.8 Å². The Morgan fingerprint density at radius 3 is 2.25 bits per heavy atom. The van der Waals surface area contributed by atoms with Gasteiger partial charge in [0.15, 0.2) is 5.13 Å². The normalized spacial score (nSPS) is 10.7. The van der Waals surface area contributed by atoms with Gasteiger partial charge in [-0.2, -0.15) is 0 Å². The van der Waals surface area contributed by atoms with Gasteiger partial charge in [0, 0.05) is 22.3 Å². The number of aryl methyl sites for hydroxylation is 2. The molecule has 0 amide bonds. The van der Waals surface area contributed by atoms with Crippen LogP contribution in [0.1, 0.15) is 11.4 Å². The van der Waals surface area contributed by atoms with Crippen LogP contribution in [0.4, 0.5) is 5.13 Å². The van der Waals surface area contributed by atoms with Crippen molar-refractivity contribution < 1.29 is 0 Å². The zero-order valence-electron chi connectivity index (χ0n) is 11.4. The molecule has 0 unspecified atom stereocenters. The highest BCUT2D eigenvalue weighted by atomic mass is 32.1. The predicted molar refractivity (Wildman–Crippen MR) is 84.7 cm³/mol. The molecule has 0 aliphatic carbocycles. The monoisotopic (exact) mass is 281 g/mol. The molecule has 0 saturated heterocycles. The van der Waals surface area contributed by atoms with Gasteiger partial charge in [-0.1, -0.05) is 18.2 Å². The molecule has 2 aromatic heterocycles. The molecule has 100 valence electrons. The van der Waals surface area contributed by atoms with Crippen LogP contribution < -0.4 is 5.73 Å². The Morgan fingerprint density at radius 2 is 1.60 bits per heavy atom. The second-order valence-electron chi connectivity index (χ2n) is 4.79. The summed E-state index contributed by atoms with van der Waals surface area (Å²) in [6.07, 6.45) is 0. The summed E-state index contributed by atoms with van der Waals surface area (Å²) < 4.78 is 0. The van der Waals surface area contributed by atoms with Crippen molar-refractivity contribution in [2.75, 3.05) is 5.73 Å². The number of hydrogen-bond donors (Lipinski definition) is 1. The molecular weight excluding hydrogens is 266 g/mol. The number of anilines is 1. The van der Waals surface area contributed by atoms with Crippen LogP contribution in [-0.2, 0) is 0 Å². The molecule has 1 aromatic carbocycles. The maximum atomic E-state index is 5.70. The van der Waals surface area contributed by atoms with Crippen LogP contribution in [-0.4, -0.2) is 9.97 Å². The van der Waals surface area contributed by atoms with E-state index in [0.29, 0.717) is 5.13 Å². The van der Waals surface area contributed by atoms with Crippen LogP contribution in [0, 0.1) is 13.8 Å². The fourth-order valence-electron chi connectivity index (χ4n) is 2.28. The Hall–Kier alpha value is -2.20. The molecule has 3 aromatic rings. The molecule has 20 heavy (non-hydrogen) atoms. The first-order chi connectivity index (χ1) is 9.61. The Labute approximate surface area is 122 Å². The van der Waals surface area contributed by atoms with Crippen LogP contribution in [0.2, 0.25) is 0 Å². The molecule has 0 fully saturated rings. The minimum absolute atomic E-state index is 0.598. The smallest absolute Gasteiger partial charge is 0.180 e. The number of nitrogens with zero attached hydrogens (tertiary/aromatic N) is 2. The van der Waals surface area contributed by atoms with Gasteiger partial charge in [0.1, 0.15) is 0 Å². The van der Waals surface area contributed by atoms with E-state index in [0.717, 1.165) is 22.6 Å². The molecule has 0 radical (unpaired) electrons. The molecule has 0 aliphatic rings. The van der Waals surface area contributed by atoms with Crippen molar-refractivity contribution in [1.29, 1.82) is 0 Å². The molecule has 3 nitrogen and oxygen atoms in total. The lowest BCUT2D eigenvalue weighted by atomic mass is 10.0. The molecule has 0 atom stereocenters. The number of nitrogens with two attached hydrogens (primary N) is 1. The molecule has 2 heterocycles. The molecule has 0 aliphatic heterocycles. The maximum Gasteiger partial charge on any atom is 0.180 e. The topological polar surface area (TPSA) is 51.8 Å². The minimum Gasteiger partial charge on any atom is -0.375 e. The van der Waals surface area contributed by atoms with E-state index >= 15 is 0 Å². The van der Waals surface area contributed by atoms with Crippen molar-refractivity contribution in [3.05, 3.63) is 53.2 Å². The standard InChI is InChI=1S/C16H15N3S/c1-10-6-14(7-11(2)18-10)12-4-3-5-13(8-12)15-9-20-16(17)19-15/h3-9H,1-2H3,(H2,17,19). The zero-order valence-corrected chi connectivity index (χ0v) is 12.2. The van der Waals surface area contributed by atoms with Crippen LogP contribution in [0.25, 0.3) is 22.4 Å². The minimum atomic E-state index is 0.598. The fraction of sp³-hybridized carbons (Fsp3) is 0.125. The lowest BCUT2D eigenvalue weighted by Gasteiger charge is -2.06. The second-order valence-corrected chi connectivity index (χ2v) is 5.68. The van der Waals surface area contributed by atoms with E-state index in [1.807, 2.05) is 25.3 Å². The number of pyridine rings is 1. The van der Waals surface area contributed by atoms with Gasteiger partial charge in [0.05, 0.1) is 5.69 Å². The summed E-state index contributed by atoms with van der Waals surface area (Å²) in [5.74, 6) is 0. The third-order valence-electron chi connectivity index (χ3n) is 3.10. The average Bonchev–Trinajstić information content (AvgIpc) is 2.85. The lowest BCUT2D eigenvalue weighted by molar-refractivity contribution is 1.12. The highest BCUT2D eigenvalue weighted by molar-refractivity contribution is 7.13. The number of nitrogen functional groups attached to an aromatic ring is 1. The van der Waals surface area contributed by atoms with E-state index < -0.39 is 0 Å². The van der Waals surface area contributed by atoms with Crippen molar-refractivity contribution in [3.63, 3.8) is 0 Å². The summed E-state index contributed by atoms with van der Waals surface area (Å²) in [5, 5.41) is 2.58. The quantitative estimate of drug-likeness (QED) is 0.770. The van der Waals surface area contributed by atoms with E-state index in [1.165, 1.54) is 22.5 Å². The summed E-state index contributed by atoms with van der Waals surface area (Å²) in [4.78, 5) is 8.75. The first-order valence-corrected chi connectivity index (χ1v) is 7.27. The van der Waals surface area contributed by atoms with Crippen molar-refractivity contribution in [2.24, 2.45) is 0 Å². The van der Waals surface area contributed by atoms with Gasteiger partial charge >= 0.3 is 0 Å². The summed E-state index contributed by atoms with van der Waals surface area (Å²) in [6, 6.07) is 12.5. The largest absolute Gasteiger partial charge is 0.375 e. The van der Waals surface area contributed by atoms with Crippen LogP contribution >= 0.6 is 11.3 Å². The molecule has 0 saturated carbocycles. The zero-order chi connectivity index (χ0) is 14.1. The molecule has 2 N–H and O–H groups in total. The molecule has 4 heteroatoms. The summed E-state index contributed by atoms with van der Waals surface area (Å²) >= 11 is 1.46. The van der Waals surface area contributed by atoms with Gasteiger partial charge in [-0.05, 0) is 43.2 Å².